The van der Waals surface area contributed by atoms with E-state index in [0.717, 1.165) is 55.2 Å². The van der Waals surface area contributed by atoms with Crippen molar-refractivity contribution in [1.29, 1.82) is 0 Å². The zero-order valence-electron chi connectivity index (χ0n) is 19.8. The number of aromatic nitrogens is 3. The Morgan fingerprint density at radius 1 is 1.12 bits per heavy atom. The van der Waals surface area contributed by atoms with Gasteiger partial charge in [0.1, 0.15) is 5.82 Å². The Labute approximate surface area is 203 Å². The number of carbonyl (C=O) groups excluding carboxylic acids is 1. The smallest absolute Gasteiger partial charge is 0.237 e. The van der Waals surface area contributed by atoms with Crippen LogP contribution < -0.4 is 5.32 Å². The number of rotatable bonds is 8. The molecule has 0 aliphatic carbocycles. The Hall–Kier alpha value is -2.75. The van der Waals surface area contributed by atoms with E-state index in [1.165, 1.54) is 23.9 Å². The van der Waals surface area contributed by atoms with Crippen molar-refractivity contribution in [3.05, 3.63) is 59.4 Å². The highest BCUT2D eigenvalue weighted by Crippen LogP contribution is 2.28. The van der Waals surface area contributed by atoms with E-state index in [-0.39, 0.29) is 17.0 Å². The molecule has 1 unspecified atom stereocenters. The van der Waals surface area contributed by atoms with Gasteiger partial charge in [0.2, 0.25) is 5.91 Å². The largest absolute Gasteiger partial charge is 0.379 e. The second-order valence-electron chi connectivity index (χ2n) is 8.49. The fourth-order valence-corrected chi connectivity index (χ4v) is 4.65. The van der Waals surface area contributed by atoms with E-state index in [4.69, 9.17) is 4.74 Å². The third-order valence-corrected chi connectivity index (χ3v) is 6.95. The number of nitrogens with zero attached hydrogens (tertiary/aromatic N) is 4. The van der Waals surface area contributed by atoms with Crippen molar-refractivity contribution in [2.24, 2.45) is 0 Å². The number of ether oxygens (including phenoxy) is 1. The van der Waals surface area contributed by atoms with Gasteiger partial charge in [-0.2, -0.15) is 0 Å². The van der Waals surface area contributed by atoms with Crippen LogP contribution in [0.3, 0.4) is 0 Å². The zero-order valence-corrected chi connectivity index (χ0v) is 20.6. The summed E-state index contributed by atoms with van der Waals surface area (Å²) in [6, 6.07) is 12.2. The van der Waals surface area contributed by atoms with Crippen molar-refractivity contribution >= 4 is 23.4 Å². The maximum Gasteiger partial charge on any atom is 0.237 e. The lowest BCUT2D eigenvalue weighted by atomic mass is 10.1. The average molecular weight is 484 g/mol. The van der Waals surface area contributed by atoms with E-state index in [2.05, 4.69) is 20.4 Å². The van der Waals surface area contributed by atoms with Crippen LogP contribution in [0.4, 0.5) is 10.1 Å². The molecule has 1 amide bonds. The van der Waals surface area contributed by atoms with Crippen LogP contribution in [-0.2, 0) is 16.1 Å². The maximum absolute atomic E-state index is 13.5. The molecule has 3 aromatic rings. The van der Waals surface area contributed by atoms with Crippen LogP contribution in [0.15, 0.2) is 47.6 Å². The Kier molecular flexibility index (Phi) is 7.97. The van der Waals surface area contributed by atoms with Crippen LogP contribution in [0.2, 0.25) is 0 Å². The number of hydrogen-bond donors (Lipinski definition) is 1. The molecule has 0 spiro atoms. The molecule has 1 aliphatic rings. The van der Waals surface area contributed by atoms with Crippen molar-refractivity contribution in [1.82, 2.24) is 19.7 Å². The van der Waals surface area contributed by atoms with E-state index in [1.807, 2.05) is 43.5 Å². The second kappa shape index (κ2) is 11.1. The molecule has 2 heterocycles. The topological polar surface area (TPSA) is 72.3 Å². The van der Waals surface area contributed by atoms with E-state index in [1.54, 1.807) is 12.1 Å². The van der Waals surface area contributed by atoms with Gasteiger partial charge in [-0.1, -0.05) is 23.9 Å². The molecule has 9 heteroatoms. The number of morpholine rings is 1. The first-order valence-corrected chi connectivity index (χ1v) is 12.3. The number of thioether (sulfide) groups is 1. The molecule has 1 fully saturated rings. The predicted octanol–water partition coefficient (Wildman–Crippen LogP) is 4.15. The first-order valence-electron chi connectivity index (χ1n) is 11.4. The molecule has 0 bridgehead atoms. The highest BCUT2D eigenvalue weighted by Gasteiger charge is 2.22. The average Bonchev–Trinajstić information content (AvgIpc) is 3.23. The van der Waals surface area contributed by atoms with Gasteiger partial charge in [0.05, 0.1) is 18.5 Å². The molecular formula is C25H30FN5O2S. The Morgan fingerprint density at radius 2 is 1.85 bits per heavy atom. The minimum Gasteiger partial charge on any atom is -0.379 e. The highest BCUT2D eigenvalue weighted by atomic mass is 32.2. The van der Waals surface area contributed by atoms with Crippen LogP contribution in [0, 0.1) is 19.7 Å². The van der Waals surface area contributed by atoms with E-state index in [9.17, 15) is 9.18 Å². The SMILES string of the molecule is Cc1ccc(C)c(NC(=O)C(C)Sc2nnc(-c3ccc(F)cc3)n2CCN2CCOCC2)c1. The molecule has 1 aliphatic heterocycles. The molecule has 0 radical (unpaired) electrons. The number of aryl methyl sites for hydroxylation is 2. The summed E-state index contributed by atoms with van der Waals surface area (Å²) in [6.07, 6.45) is 0. The van der Waals surface area contributed by atoms with Crippen molar-refractivity contribution < 1.29 is 13.9 Å². The lowest BCUT2D eigenvalue weighted by Crippen LogP contribution is -2.38. The second-order valence-corrected chi connectivity index (χ2v) is 9.79. The summed E-state index contributed by atoms with van der Waals surface area (Å²) in [4.78, 5) is 15.3. The van der Waals surface area contributed by atoms with Crippen LogP contribution >= 0.6 is 11.8 Å². The number of benzene rings is 2. The lowest BCUT2D eigenvalue weighted by Gasteiger charge is -2.27. The monoisotopic (exact) mass is 483 g/mol. The normalized spacial score (nSPS) is 15.3. The van der Waals surface area contributed by atoms with Gasteiger partial charge in [-0.25, -0.2) is 4.39 Å². The third-order valence-electron chi connectivity index (χ3n) is 5.87. The van der Waals surface area contributed by atoms with Gasteiger partial charge in [0.15, 0.2) is 11.0 Å². The van der Waals surface area contributed by atoms with Gasteiger partial charge in [-0.3, -0.25) is 9.69 Å². The van der Waals surface area contributed by atoms with Gasteiger partial charge >= 0.3 is 0 Å². The lowest BCUT2D eigenvalue weighted by molar-refractivity contribution is -0.115. The van der Waals surface area contributed by atoms with Gasteiger partial charge in [-0.15, -0.1) is 10.2 Å². The fraction of sp³-hybridized carbons (Fsp3) is 0.400. The van der Waals surface area contributed by atoms with Gasteiger partial charge < -0.3 is 14.6 Å². The first kappa shape index (κ1) is 24.4. The molecule has 1 saturated heterocycles. The van der Waals surface area contributed by atoms with Crippen LogP contribution in [0.1, 0.15) is 18.1 Å². The number of nitrogens with one attached hydrogen (secondary N) is 1. The molecule has 1 aromatic heterocycles. The molecule has 2 aromatic carbocycles. The predicted molar refractivity (Wildman–Crippen MR) is 133 cm³/mol. The number of carbonyl (C=O) groups is 1. The Morgan fingerprint density at radius 3 is 2.59 bits per heavy atom. The van der Waals surface area contributed by atoms with Crippen molar-refractivity contribution in [3.63, 3.8) is 0 Å². The van der Waals surface area contributed by atoms with Crippen LogP contribution in [0.5, 0.6) is 0 Å². The van der Waals surface area contributed by atoms with E-state index < -0.39 is 0 Å². The summed E-state index contributed by atoms with van der Waals surface area (Å²) in [5.74, 6) is 0.275. The molecule has 34 heavy (non-hydrogen) atoms. The van der Waals surface area contributed by atoms with Crippen molar-refractivity contribution in [2.75, 3.05) is 38.2 Å². The van der Waals surface area contributed by atoms with Crippen LogP contribution in [-0.4, -0.2) is 63.7 Å². The summed E-state index contributed by atoms with van der Waals surface area (Å²) < 4.78 is 21.0. The molecule has 4 rings (SSSR count). The minimum absolute atomic E-state index is 0.0928. The number of hydrogen-bond acceptors (Lipinski definition) is 6. The molecule has 7 nitrogen and oxygen atoms in total. The molecule has 1 N–H and O–H groups in total. The molecule has 0 saturated carbocycles. The third kappa shape index (κ3) is 6.02. The summed E-state index contributed by atoms with van der Waals surface area (Å²) in [6.45, 7) is 10.5. The minimum atomic E-state index is -0.382. The van der Waals surface area contributed by atoms with Crippen molar-refractivity contribution in [2.45, 2.75) is 37.7 Å². The van der Waals surface area contributed by atoms with Gasteiger partial charge in [-0.05, 0) is 62.2 Å². The summed E-state index contributed by atoms with van der Waals surface area (Å²) in [5, 5.41) is 12.1. The number of anilines is 1. The van der Waals surface area contributed by atoms with Crippen molar-refractivity contribution in [3.8, 4) is 11.4 Å². The summed E-state index contributed by atoms with van der Waals surface area (Å²) in [5.41, 5.74) is 3.71. The first-order chi connectivity index (χ1) is 16.4. The highest BCUT2D eigenvalue weighted by molar-refractivity contribution is 8.00. The Bertz CT molecular complexity index is 1130. The summed E-state index contributed by atoms with van der Waals surface area (Å²) in [7, 11) is 0. The molecule has 180 valence electrons. The maximum atomic E-state index is 13.5. The molecular weight excluding hydrogens is 453 g/mol. The number of amides is 1. The molecule has 1 atom stereocenters. The van der Waals surface area contributed by atoms with E-state index in [0.29, 0.717) is 17.5 Å². The van der Waals surface area contributed by atoms with E-state index >= 15 is 0 Å². The zero-order chi connectivity index (χ0) is 24.1. The van der Waals surface area contributed by atoms with Crippen LogP contribution in [0.25, 0.3) is 11.4 Å². The van der Waals surface area contributed by atoms with Gasteiger partial charge in [0, 0.05) is 37.4 Å². The quantitative estimate of drug-likeness (QED) is 0.486. The number of halogens is 1. The standard InChI is InChI=1S/C25H30FN5O2S/c1-17-4-5-18(2)22(16-17)27-24(32)19(3)34-25-29-28-23(20-6-8-21(26)9-7-20)31(25)11-10-30-12-14-33-15-13-30/h4-9,16,19H,10-15H2,1-3H3,(H,27,32). The summed E-state index contributed by atoms with van der Waals surface area (Å²) >= 11 is 1.37. The Balaban J connectivity index is 1.52. The van der Waals surface area contributed by atoms with Gasteiger partial charge in [0.25, 0.3) is 0 Å². The fourth-order valence-electron chi connectivity index (χ4n) is 3.77.